The molecule has 0 bridgehead atoms. The molecule has 0 aliphatic carbocycles. The molecule has 168 valence electrons. The molecular formula is C26H23N2NaO5. The van der Waals surface area contributed by atoms with E-state index in [0.29, 0.717) is 29.4 Å². The number of hydrogen-bond acceptors (Lipinski definition) is 7. The first-order valence-electron chi connectivity index (χ1n) is 10.3. The van der Waals surface area contributed by atoms with Crippen molar-refractivity contribution in [2.45, 2.75) is 18.9 Å². The van der Waals surface area contributed by atoms with Gasteiger partial charge in [-0.15, -0.1) is 0 Å². The fourth-order valence-electron chi connectivity index (χ4n) is 3.10. The van der Waals surface area contributed by atoms with Crippen molar-refractivity contribution in [2.75, 3.05) is 13.7 Å². The standard InChI is InChI=1S/C26H24N2O5.Na/c1-31-28-25(21-5-3-2-4-6-21)18-33-23-11-7-19(8-12-23)17-32-24-13-9-20(10-14-24)22(16-27)15-26(29)30;/h2-14,22H,15,17-18H2,1H3,(H,29,30);/q;+1/p-1/b28-25+;. The molecule has 0 N–H and O–H groups in total. The van der Waals surface area contributed by atoms with Crippen LogP contribution in [0.1, 0.15) is 29.0 Å². The molecule has 0 saturated heterocycles. The summed E-state index contributed by atoms with van der Waals surface area (Å²) >= 11 is 0. The summed E-state index contributed by atoms with van der Waals surface area (Å²) in [6.07, 6.45) is -0.338. The molecular weight excluding hydrogens is 443 g/mol. The number of aliphatic carboxylic acids is 1. The van der Waals surface area contributed by atoms with Crippen molar-refractivity contribution >= 4 is 11.7 Å². The van der Waals surface area contributed by atoms with Crippen molar-refractivity contribution < 1.29 is 53.8 Å². The van der Waals surface area contributed by atoms with E-state index in [-0.39, 0.29) is 42.6 Å². The molecule has 0 radical (unpaired) electrons. The van der Waals surface area contributed by atoms with Gasteiger partial charge in [0.2, 0.25) is 0 Å². The molecule has 0 aliphatic rings. The van der Waals surface area contributed by atoms with Crippen LogP contribution in [0.25, 0.3) is 0 Å². The third-order valence-electron chi connectivity index (χ3n) is 4.82. The van der Waals surface area contributed by atoms with Gasteiger partial charge in [-0.2, -0.15) is 5.26 Å². The van der Waals surface area contributed by atoms with Gasteiger partial charge in [0.1, 0.15) is 37.5 Å². The fourth-order valence-corrected chi connectivity index (χ4v) is 3.10. The zero-order valence-electron chi connectivity index (χ0n) is 19.1. The minimum absolute atomic E-state index is 0. The van der Waals surface area contributed by atoms with Crippen molar-refractivity contribution in [3.05, 3.63) is 95.6 Å². The van der Waals surface area contributed by atoms with E-state index in [0.717, 1.165) is 11.1 Å². The Balaban J connectivity index is 0.00000408. The van der Waals surface area contributed by atoms with Gasteiger partial charge in [0, 0.05) is 18.0 Å². The molecule has 3 aromatic rings. The SMILES string of the molecule is CO/N=C(\COc1ccc(COc2ccc(C(C#N)CC(=O)[O-])cc2)cc1)c1ccccc1.[Na+]. The van der Waals surface area contributed by atoms with Crippen LogP contribution in [0.2, 0.25) is 0 Å². The number of rotatable bonds is 11. The van der Waals surface area contributed by atoms with Gasteiger partial charge < -0.3 is 24.2 Å². The second-order valence-corrected chi connectivity index (χ2v) is 7.13. The fraction of sp³-hybridized carbons (Fsp3) is 0.192. The van der Waals surface area contributed by atoms with Gasteiger partial charge in [-0.1, -0.05) is 59.8 Å². The molecule has 7 nitrogen and oxygen atoms in total. The first-order valence-corrected chi connectivity index (χ1v) is 10.3. The monoisotopic (exact) mass is 466 g/mol. The molecule has 0 aliphatic heterocycles. The Morgan fingerprint density at radius 3 is 2.18 bits per heavy atom. The van der Waals surface area contributed by atoms with E-state index in [1.807, 2.05) is 60.7 Å². The minimum atomic E-state index is -1.25. The molecule has 8 heteroatoms. The van der Waals surface area contributed by atoms with Crippen molar-refractivity contribution in [1.29, 1.82) is 5.26 Å². The van der Waals surface area contributed by atoms with Crippen molar-refractivity contribution in [3.63, 3.8) is 0 Å². The molecule has 1 atom stereocenters. The third-order valence-corrected chi connectivity index (χ3v) is 4.82. The van der Waals surface area contributed by atoms with Gasteiger partial charge in [0.15, 0.2) is 0 Å². The molecule has 1 unspecified atom stereocenters. The van der Waals surface area contributed by atoms with Gasteiger partial charge in [0.05, 0.1) is 12.0 Å². The summed E-state index contributed by atoms with van der Waals surface area (Å²) in [5.41, 5.74) is 3.18. The van der Waals surface area contributed by atoms with Gasteiger partial charge in [-0.05, 0) is 35.4 Å². The molecule has 0 saturated carbocycles. The molecule has 0 amide bonds. The molecule has 34 heavy (non-hydrogen) atoms. The van der Waals surface area contributed by atoms with Crippen LogP contribution in [-0.2, 0) is 16.2 Å². The van der Waals surface area contributed by atoms with Gasteiger partial charge in [0.25, 0.3) is 0 Å². The zero-order valence-corrected chi connectivity index (χ0v) is 21.1. The zero-order chi connectivity index (χ0) is 23.5. The predicted octanol–water partition coefficient (Wildman–Crippen LogP) is 0.446. The maximum Gasteiger partial charge on any atom is 1.00 e. The maximum atomic E-state index is 10.8. The number of oxime groups is 1. The number of carbonyl (C=O) groups excluding carboxylic acids is 1. The first-order chi connectivity index (χ1) is 16.1. The largest absolute Gasteiger partial charge is 1.00 e. The Hall–Kier alpha value is -3.31. The summed E-state index contributed by atoms with van der Waals surface area (Å²) in [5, 5.41) is 23.9. The molecule has 3 rings (SSSR count). The van der Waals surface area contributed by atoms with Crippen LogP contribution < -0.4 is 44.1 Å². The number of hydrogen-bond donors (Lipinski definition) is 0. The molecule has 0 aromatic heterocycles. The first kappa shape index (κ1) is 26.9. The summed E-state index contributed by atoms with van der Waals surface area (Å²) in [6, 6.07) is 26.0. The van der Waals surface area contributed by atoms with Gasteiger partial charge >= 0.3 is 29.6 Å². The quantitative estimate of drug-likeness (QED) is 0.231. The Morgan fingerprint density at radius 1 is 0.971 bits per heavy atom. The number of carboxylic acids is 1. The van der Waals surface area contributed by atoms with Gasteiger partial charge in [-0.3, -0.25) is 0 Å². The summed E-state index contributed by atoms with van der Waals surface area (Å²) < 4.78 is 11.6. The normalized spacial score (nSPS) is 11.5. The summed E-state index contributed by atoms with van der Waals surface area (Å²) in [7, 11) is 1.50. The van der Waals surface area contributed by atoms with Crippen molar-refractivity contribution in [2.24, 2.45) is 5.16 Å². The predicted molar refractivity (Wildman–Crippen MR) is 121 cm³/mol. The second-order valence-electron chi connectivity index (χ2n) is 7.13. The molecule has 0 fully saturated rings. The van der Waals surface area contributed by atoms with E-state index in [2.05, 4.69) is 5.16 Å². The molecule has 0 heterocycles. The van der Waals surface area contributed by atoms with E-state index in [1.54, 1.807) is 24.3 Å². The van der Waals surface area contributed by atoms with E-state index in [4.69, 9.17) is 19.6 Å². The Bertz CT molecular complexity index is 1110. The summed E-state index contributed by atoms with van der Waals surface area (Å²) in [6.45, 7) is 0.614. The van der Waals surface area contributed by atoms with Crippen LogP contribution in [0.15, 0.2) is 84.0 Å². The smallest absolute Gasteiger partial charge is 0.550 e. The van der Waals surface area contributed by atoms with Crippen LogP contribution in [0, 0.1) is 11.3 Å². The van der Waals surface area contributed by atoms with E-state index >= 15 is 0 Å². The van der Waals surface area contributed by atoms with Crippen molar-refractivity contribution in [3.8, 4) is 17.6 Å². The van der Waals surface area contributed by atoms with E-state index in [9.17, 15) is 9.90 Å². The van der Waals surface area contributed by atoms with Crippen molar-refractivity contribution in [1.82, 2.24) is 0 Å². The Morgan fingerprint density at radius 2 is 1.59 bits per heavy atom. The number of carboxylic acid groups (broad SMARTS) is 1. The minimum Gasteiger partial charge on any atom is -0.550 e. The van der Waals surface area contributed by atoms with Crippen LogP contribution in [0.3, 0.4) is 0 Å². The second kappa shape index (κ2) is 14.1. The number of nitrogens with zero attached hydrogens (tertiary/aromatic N) is 2. The van der Waals surface area contributed by atoms with E-state index < -0.39 is 11.9 Å². The van der Waals surface area contributed by atoms with Crippen LogP contribution in [-0.4, -0.2) is 25.4 Å². The average Bonchev–Trinajstić information content (AvgIpc) is 2.85. The van der Waals surface area contributed by atoms with Crippen LogP contribution in [0.4, 0.5) is 0 Å². The number of ether oxygens (including phenoxy) is 2. The average molecular weight is 466 g/mol. The maximum absolute atomic E-state index is 10.8. The molecule has 3 aromatic carbocycles. The summed E-state index contributed by atoms with van der Waals surface area (Å²) in [5.74, 6) is -0.685. The van der Waals surface area contributed by atoms with Crippen LogP contribution >= 0.6 is 0 Å². The third kappa shape index (κ3) is 8.23. The topological polar surface area (TPSA) is 104 Å². The van der Waals surface area contributed by atoms with E-state index in [1.165, 1.54) is 7.11 Å². The van der Waals surface area contributed by atoms with Gasteiger partial charge in [-0.25, -0.2) is 0 Å². The molecule has 0 spiro atoms. The number of nitriles is 1. The number of benzene rings is 3. The van der Waals surface area contributed by atoms with Crippen LogP contribution in [0.5, 0.6) is 11.5 Å². The number of carbonyl (C=O) groups is 1. The Labute approximate surface area is 220 Å². The Kier molecular flexibility index (Phi) is 11.1. The summed E-state index contributed by atoms with van der Waals surface area (Å²) in [4.78, 5) is 15.7.